The van der Waals surface area contributed by atoms with Crippen LogP contribution >= 0.6 is 11.6 Å². The van der Waals surface area contributed by atoms with Gasteiger partial charge in [-0.15, -0.1) is 0 Å². The van der Waals surface area contributed by atoms with Gasteiger partial charge in [-0.05, 0) is 61.4 Å². The molecule has 1 N–H and O–H groups in total. The van der Waals surface area contributed by atoms with Crippen molar-refractivity contribution in [2.24, 2.45) is 0 Å². The summed E-state index contributed by atoms with van der Waals surface area (Å²) in [6, 6.07) is 11.1. The van der Waals surface area contributed by atoms with E-state index in [4.69, 9.17) is 16.3 Å². The van der Waals surface area contributed by atoms with Gasteiger partial charge in [-0.3, -0.25) is 9.59 Å². The average molecular weight is 410 g/mol. The van der Waals surface area contributed by atoms with E-state index in [-0.39, 0.29) is 11.3 Å². The number of carbonyl (C=O) groups is 2. The van der Waals surface area contributed by atoms with Gasteiger partial charge in [0, 0.05) is 10.7 Å². The Hall–Kier alpha value is -2.38. The predicted molar refractivity (Wildman–Crippen MR) is 104 cm³/mol. The first-order chi connectivity index (χ1) is 12.7. The highest BCUT2D eigenvalue weighted by atomic mass is 35.5. The van der Waals surface area contributed by atoms with Gasteiger partial charge in [0.1, 0.15) is 0 Å². The molecule has 0 fully saturated rings. The summed E-state index contributed by atoms with van der Waals surface area (Å²) in [7, 11) is -3.63. The summed E-state index contributed by atoms with van der Waals surface area (Å²) in [6.45, 7) is 3.40. The molecule has 0 bridgehead atoms. The van der Waals surface area contributed by atoms with Crippen molar-refractivity contribution in [3.05, 3.63) is 58.6 Å². The number of rotatable bonds is 7. The van der Waals surface area contributed by atoms with Crippen LogP contribution in [0.1, 0.15) is 17.5 Å². The number of benzene rings is 2. The SMILES string of the molecule is Cc1ccc(NC(=O)COC(=O)CCS(=O)(=O)c2ccc(Cl)cc2)cc1C. The second-order valence-corrected chi connectivity index (χ2v) is 8.58. The van der Waals surface area contributed by atoms with E-state index in [1.165, 1.54) is 24.3 Å². The van der Waals surface area contributed by atoms with E-state index in [9.17, 15) is 18.0 Å². The Morgan fingerprint density at radius 2 is 1.70 bits per heavy atom. The molecule has 144 valence electrons. The van der Waals surface area contributed by atoms with Crippen molar-refractivity contribution >= 4 is 39.0 Å². The molecule has 0 unspecified atom stereocenters. The lowest BCUT2D eigenvalue weighted by molar-refractivity contribution is -0.146. The van der Waals surface area contributed by atoms with E-state index in [1.54, 1.807) is 6.07 Å². The summed E-state index contributed by atoms with van der Waals surface area (Å²) in [5, 5.41) is 3.04. The first kappa shape index (κ1) is 20.9. The third-order valence-electron chi connectivity index (χ3n) is 3.90. The van der Waals surface area contributed by atoms with Gasteiger partial charge < -0.3 is 10.1 Å². The summed E-state index contributed by atoms with van der Waals surface area (Å²) in [5.74, 6) is -1.67. The molecule has 6 nitrogen and oxygen atoms in total. The Morgan fingerprint density at radius 1 is 1.04 bits per heavy atom. The van der Waals surface area contributed by atoms with Gasteiger partial charge in [0.15, 0.2) is 16.4 Å². The first-order valence-corrected chi connectivity index (χ1v) is 10.2. The third kappa shape index (κ3) is 6.37. The van der Waals surface area contributed by atoms with Crippen LogP contribution in [0.25, 0.3) is 0 Å². The second kappa shape index (κ2) is 9.01. The molecule has 27 heavy (non-hydrogen) atoms. The standard InChI is InChI=1S/C19H20ClNO5S/c1-13-3-6-16(11-14(13)2)21-18(22)12-26-19(23)9-10-27(24,25)17-7-4-15(20)5-8-17/h3-8,11H,9-10,12H2,1-2H3,(H,21,22). The average Bonchev–Trinajstić information content (AvgIpc) is 2.62. The molecule has 0 aromatic heterocycles. The number of amides is 1. The molecule has 0 spiro atoms. The zero-order valence-electron chi connectivity index (χ0n) is 15.0. The Labute approximate surface area is 163 Å². The smallest absolute Gasteiger partial charge is 0.307 e. The highest BCUT2D eigenvalue weighted by molar-refractivity contribution is 7.91. The van der Waals surface area contributed by atoms with Gasteiger partial charge in [0.05, 0.1) is 17.1 Å². The predicted octanol–water partition coefficient (Wildman–Crippen LogP) is 3.30. The molecule has 2 aromatic rings. The molecule has 0 saturated carbocycles. The molecule has 1 amide bonds. The van der Waals surface area contributed by atoms with Crippen LogP contribution in [0.5, 0.6) is 0 Å². The van der Waals surface area contributed by atoms with E-state index < -0.39 is 34.1 Å². The fraction of sp³-hybridized carbons (Fsp3) is 0.263. The maximum absolute atomic E-state index is 12.2. The molecule has 0 aliphatic carbocycles. The van der Waals surface area contributed by atoms with Crippen molar-refractivity contribution in [3.63, 3.8) is 0 Å². The summed E-state index contributed by atoms with van der Waals surface area (Å²) >= 11 is 5.73. The number of nitrogens with one attached hydrogen (secondary N) is 1. The van der Waals surface area contributed by atoms with Crippen molar-refractivity contribution in [2.45, 2.75) is 25.2 Å². The number of aryl methyl sites for hydroxylation is 2. The van der Waals surface area contributed by atoms with Crippen LogP contribution < -0.4 is 5.32 Å². The maximum atomic E-state index is 12.2. The Balaban J connectivity index is 1.80. The summed E-state index contributed by atoms with van der Waals surface area (Å²) in [5.41, 5.74) is 2.72. The first-order valence-electron chi connectivity index (χ1n) is 8.18. The fourth-order valence-electron chi connectivity index (χ4n) is 2.21. The van der Waals surface area contributed by atoms with Gasteiger partial charge >= 0.3 is 5.97 Å². The number of hydrogen-bond donors (Lipinski definition) is 1. The van der Waals surface area contributed by atoms with Crippen LogP contribution in [-0.4, -0.2) is 32.7 Å². The van der Waals surface area contributed by atoms with Gasteiger partial charge in [0.2, 0.25) is 0 Å². The van der Waals surface area contributed by atoms with E-state index in [1.807, 2.05) is 26.0 Å². The molecule has 2 aromatic carbocycles. The topological polar surface area (TPSA) is 89.5 Å². The third-order valence-corrected chi connectivity index (χ3v) is 5.89. The lowest BCUT2D eigenvalue weighted by Crippen LogP contribution is -2.22. The fourth-order valence-corrected chi connectivity index (χ4v) is 3.56. The lowest BCUT2D eigenvalue weighted by Gasteiger charge is -2.09. The Morgan fingerprint density at radius 3 is 2.33 bits per heavy atom. The van der Waals surface area contributed by atoms with E-state index in [2.05, 4.69) is 5.32 Å². The minimum absolute atomic E-state index is 0.0761. The molecular weight excluding hydrogens is 390 g/mol. The maximum Gasteiger partial charge on any atom is 0.307 e. The zero-order valence-corrected chi connectivity index (χ0v) is 16.6. The highest BCUT2D eigenvalue weighted by Crippen LogP contribution is 2.16. The quantitative estimate of drug-likeness (QED) is 0.708. The van der Waals surface area contributed by atoms with Crippen molar-refractivity contribution in [3.8, 4) is 0 Å². The van der Waals surface area contributed by atoms with Crippen molar-refractivity contribution in [1.82, 2.24) is 0 Å². The summed E-state index contributed by atoms with van der Waals surface area (Å²) in [4.78, 5) is 23.7. The van der Waals surface area contributed by atoms with E-state index >= 15 is 0 Å². The van der Waals surface area contributed by atoms with Crippen molar-refractivity contribution in [2.75, 3.05) is 17.7 Å². The normalized spacial score (nSPS) is 11.1. The van der Waals surface area contributed by atoms with Crippen molar-refractivity contribution < 1.29 is 22.7 Å². The molecule has 0 aliphatic heterocycles. The van der Waals surface area contributed by atoms with Gasteiger partial charge in [-0.1, -0.05) is 17.7 Å². The van der Waals surface area contributed by atoms with Gasteiger partial charge in [-0.25, -0.2) is 8.42 Å². The number of ether oxygens (including phenoxy) is 1. The number of hydrogen-bond acceptors (Lipinski definition) is 5. The molecular formula is C19H20ClNO5S. The largest absolute Gasteiger partial charge is 0.456 e. The highest BCUT2D eigenvalue weighted by Gasteiger charge is 2.17. The minimum atomic E-state index is -3.63. The number of anilines is 1. The number of sulfone groups is 1. The molecule has 0 aliphatic rings. The lowest BCUT2D eigenvalue weighted by atomic mass is 10.1. The molecule has 0 radical (unpaired) electrons. The van der Waals surface area contributed by atoms with Crippen LogP contribution in [0.3, 0.4) is 0 Å². The van der Waals surface area contributed by atoms with Crippen LogP contribution in [0.15, 0.2) is 47.4 Å². The number of esters is 1. The Kier molecular flexibility index (Phi) is 6.98. The molecule has 2 rings (SSSR count). The van der Waals surface area contributed by atoms with E-state index in [0.29, 0.717) is 10.7 Å². The van der Waals surface area contributed by atoms with Gasteiger partial charge in [0.25, 0.3) is 5.91 Å². The molecule has 8 heteroatoms. The molecule has 0 atom stereocenters. The number of carbonyl (C=O) groups excluding carboxylic acids is 2. The second-order valence-electron chi connectivity index (χ2n) is 6.03. The molecule has 0 saturated heterocycles. The number of halogens is 1. The van der Waals surface area contributed by atoms with Crippen molar-refractivity contribution in [1.29, 1.82) is 0 Å². The van der Waals surface area contributed by atoms with Crippen LogP contribution in [0, 0.1) is 13.8 Å². The van der Waals surface area contributed by atoms with Crippen LogP contribution in [-0.2, 0) is 24.2 Å². The Bertz CT molecular complexity index is 939. The minimum Gasteiger partial charge on any atom is -0.456 e. The van der Waals surface area contributed by atoms with Crippen LogP contribution in [0.4, 0.5) is 5.69 Å². The van der Waals surface area contributed by atoms with E-state index in [0.717, 1.165) is 11.1 Å². The monoisotopic (exact) mass is 409 g/mol. The van der Waals surface area contributed by atoms with Gasteiger partial charge in [-0.2, -0.15) is 0 Å². The van der Waals surface area contributed by atoms with Crippen LogP contribution in [0.2, 0.25) is 5.02 Å². The zero-order chi connectivity index (χ0) is 20.0. The molecule has 0 heterocycles. The summed E-state index contributed by atoms with van der Waals surface area (Å²) < 4.78 is 29.2. The summed E-state index contributed by atoms with van der Waals surface area (Å²) in [6.07, 6.45) is -0.345.